The molecule has 0 atom stereocenters. The highest BCUT2D eigenvalue weighted by Gasteiger charge is 2.19. The van der Waals surface area contributed by atoms with Crippen molar-refractivity contribution >= 4 is 11.4 Å². The topological polar surface area (TPSA) is 153 Å². The van der Waals surface area contributed by atoms with E-state index in [1.807, 2.05) is 111 Å². The molecule has 0 spiro atoms. The van der Waals surface area contributed by atoms with Crippen LogP contribution in [0.15, 0.2) is 146 Å². The Kier molecular flexibility index (Phi) is 9.01. The fraction of sp³-hybridized carbons (Fsp3) is 0.0455. The summed E-state index contributed by atoms with van der Waals surface area (Å²) in [6.07, 6.45) is 0. The number of hydrogen-bond acceptors (Lipinski definition) is 7. The average molecular weight is 725 g/mol. The number of benzene rings is 6. The molecule has 2 heterocycles. The second kappa shape index (κ2) is 14.4. The van der Waals surface area contributed by atoms with E-state index in [-0.39, 0.29) is 11.4 Å². The van der Waals surface area contributed by atoms with Gasteiger partial charge in [0, 0.05) is 57.6 Å². The minimum atomic E-state index is -0.416. The first-order chi connectivity index (χ1) is 26.7. The number of ether oxygens (including phenoxy) is 1. The van der Waals surface area contributed by atoms with E-state index in [9.17, 15) is 20.2 Å². The third-order valence-electron chi connectivity index (χ3n) is 9.28. The summed E-state index contributed by atoms with van der Waals surface area (Å²) in [7, 11) is 0. The van der Waals surface area contributed by atoms with Crippen LogP contribution in [-0.2, 0) is 0 Å². The molecular weight excluding hydrogens is 693 g/mol. The molecule has 6 aromatic carbocycles. The highest BCUT2D eigenvalue weighted by Crippen LogP contribution is 2.37. The molecule has 0 fully saturated rings. The second-order valence-corrected chi connectivity index (χ2v) is 13.1. The Labute approximate surface area is 315 Å². The molecule has 11 heteroatoms. The Hall–Kier alpha value is -7.66. The van der Waals surface area contributed by atoms with Crippen LogP contribution in [0, 0.1) is 34.1 Å². The number of nitrogens with zero attached hydrogens (tertiary/aromatic N) is 4. The number of H-pyrrole nitrogens is 2. The second-order valence-electron chi connectivity index (χ2n) is 13.1. The Bertz CT molecular complexity index is 2460. The van der Waals surface area contributed by atoms with Crippen molar-refractivity contribution in [2.24, 2.45) is 0 Å². The van der Waals surface area contributed by atoms with Gasteiger partial charge in [-0.2, -0.15) is 0 Å². The largest absolute Gasteiger partial charge is 0.457 e. The number of aryl methyl sites for hydroxylation is 2. The van der Waals surface area contributed by atoms with Gasteiger partial charge in [-0.3, -0.25) is 20.2 Å². The third-order valence-corrected chi connectivity index (χ3v) is 9.28. The number of aromatic amines is 2. The molecule has 0 aliphatic rings. The van der Waals surface area contributed by atoms with Gasteiger partial charge in [0.1, 0.15) is 23.1 Å². The van der Waals surface area contributed by atoms with Crippen LogP contribution < -0.4 is 4.74 Å². The first-order valence-corrected chi connectivity index (χ1v) is 17.4. The highest BCUT2D eigenvalue weighted by molar-refractivity contribution is 5.83. The van der Waals surface area contributed by atoms with Gasteiger partial charge in [-0.1, -0.05) is 59.7 Å². The molecule has 0 radical (unpaired) electrons. The zero-order valence-corrected chi connectivity index (χ0v) is 29.7. The van der Waals surface area contributed by atoms with Gasteiger partial charge in [0.15, 0.2) is 0 Å². The third kappa shape index (κ3) is 7.22. The molecule has 0 aliphatic heterocycles. The quantitative estimate of drug-likeness (QED) is 0.105. The monoisotopic (exact) mass is 724 g/mol. The normalized spacial score (nSPS) is 11.0. The van der Waals surface area contributed by atoms with Gasteiger partial charge < -0.3 is 14.7 Å². The molecule has 2 aromatic heterocycles. The number of non-ortho nitro benzene ring substituents is 2. The first kappa shape index (κ1) is 34.4. The summed E-state index contributed by atoms with van der Waals surface area (Å²) in [6, 6.07) is 44.2. The average Bonchev–Trinajstić information content (AvgIpc) is 3.86. The van der Waals surface area contributed by atoms with Crippen molar-refractivity contribution in [1.29, 1.82) is 0 Å². The maximum atomic E-state index is 11.3. The standard InChI is InChI=1S/C44H32N6O5/c1-27-3-7-33(8-4-27)43-45-39(29-11-19-35(20-12-29)49(51)52)41(47-43)31-15-23-37(24-16-31)55-38-25-17-32(18-26-38)42-40(30-13-21-36(22-14-30)50(53)54)46-44(48-42)34-9-5-28(2)6-10-34/h3-26H,1-2H3,(H,45,47)(H,46,48). The van der Waals surface area contributed by atoms with E-state index >= 15 is 0 Å². The van der Waals surface area contributed by atoms with E-state index in [1.54, 1.807) is 24.3 Å². The van der Waals surface area contributed by atoms with Gasteiger partial charge in [-0.25, -0.2) is 9.97 Å². The SMILES string of the molecule is Cc1ccc(-c2nc(-c3ccc(Oc4ccc(-c5nc(-c6ccc(C)cc6)[nH]c5-c5ccc([N+](=O)[O-])cc5)cc4)cc3)c(-c3ccc([N+](=O)[O-])cc3)[nH]2)cc1. The Morgan fingerprint density at radius 2 is 0.745 bits per heavy atom. The number of aromatic nitrogens is 4. The zero-order valence-electron chi connectivity index (χ0n) is 29.7. The number of nitro groups is 2. The molecule has 0 unspecified atom stereocenters. The van der Waals surface area contributed by atoms with Gasteiger partial charge in [0.05, 0.1) is 32.6 Å². The van der Waals surface area contributed by atoms with Crippen molar-refractivity contribution in [2.45, 2.75) is 13.8 Å². The molecule has 0 aliphatic carbocycles. The Morgan fingerprint density at radius 3 is 1.07 bits per heavy atom. The Balaban J connectivity index is 1.07. The van der Waals surface area contributed by atoms with Crippen LogP contribution in [0.2, 0.25) is 0 Å². The summed E-state index contributed by atoms with van der Waals surface area (Å²) in [6.45, 7) is 4.05. The fourth-order valence-corrected chi connectivity index (χ4v) is 6.28. The smallest absolute Gasteiger partial charge is 0.269 e. The van der Waals surface area contributed by atoms with E-state index in [4.69, 9.17) is 14.7 Å². The fourth-order valence-electron chi connectivity index (χ4n) is 6.28. The molecule has 0 bridgehead atoms. The highest BCUT2D eigenvalue weighted by atomic mass is 16.6. The van der Waals surface area contributed by atoms with Gasteiger partial charge in [-0.15, -0.1) is 0 Å². The summed E-state index contributed by atoms with van der Waals surface area (Å²) >= 11 is 0. The van der Waals surface area contributed by atoms with Gasteiger partial charge in [0.2, 0.25) is 0 Å². The van der Waals surface area contributed by atoms with Crippen LogP contribution in [0.1, 0.15) is 11.1 Å². The predicted octanol–water partition coefficient (Wildman–Crippen LogP) is 11.4. The number of rotatable bonds is 10. The maximum Gasteiger partial charge on any atom is 0.269 e. The van der Waals surface area contributed by atoms with E-state index in [0.29, 0.717) is 34.5 Å². The summed E-state index contributed by atoms with van der Waals surface area (Å²) in [5.41, 5.74) is 10.2. The molecule has 2 N–H and O–H groups in total. The lowest BCUT2D eigenvalue weighted by molar-refractivity contribution is -0.385. The van der Waals surface area contributed by atoms with E-state index in [1.165, 1.54) is 24.3 Å². The summed E-state index contributed by atoms with van der Waals surface area (Å²) in [4.78, 5) is 38.6. The van der Waals surface area contributed by atoms with Crippen LogP contribution in [0.4, 0.5) is 11.4 Å². The number of imidazole rings is 2. The molecule has 0 saturated carbocycles. The maximum absolute atomic E-state index is 11.3. The number of hydrogen-bond donors (Lipinski definition) is 2. The van der Waals surface area contributed by atoms with E-state index in [0.717, 1.165) is 55.9 Å². The van der Waals surface area contributed by atoms with Crippen LogP contribution in [0.25, 0.3) is 67.8 Å². The molecule has 11 nitrogen and oxygen atoms in total. The van der Waals surface area contributed by atoms with Gasteiger partial charge >= 0.3 is 0 Å². The van der Waals surface area contributed by atoms with Crippen molar-refractivity contribution in [3.05, 3.63) is 177 Å². The zero-order chi connectivity index (χ0) is 38.1. The molecule has 0 saturated heterocycles. The minimum absolute atomic E-state index is 0.0133. The lowest BCUT2D eigenvalue weighted by Gasteiger charge is -2.09. The molecule has 8 aromatic rings. The Morgan fingerprint density at radius 1 is 0.436 bits per heavy atom. The van der Waals surface area contributed by atoms with Crippen LogP contribution in [0.3, 0.4) is 0 Å². The molecule has 0 amide bonds. The molecular formula is C44H32N6O5. The van der Waals surface area contributed by atoms with Gasteiger partial charge in [0.25, 0.3) is 11.4 Å². The minimum Gasteiger partial charge on any atom is -0.457 e. The van der Waals surface area contributed by atoms with Crippen LogP contribution in [-0.4, -0.2) is 29.8 Å². The first-order valence-electron chi connectivity index (χ1n) is 17.4. The summed E-state index contributed by atoms with van der Waals surface area (Å²) in [5.74, 6) is 2.61. The lowest BCUT2D eigenvalue weighted by Crippen LogP contribution is -1.89. The summed E-state index contributed by atoms with van der Waals surface area (Å²) in [5, 5.41) is 22.6. The predicted molar refractivity (Wildman–Crippen MR) is 213 cm³/mol. The molecule has 8 rings (SSSR count). The van der Waals surface area contributed by atoms with Crippen molar-refractivity contribution in [1.82, 2.24) is 19.9 Å². The number of nitro benzene ring substituents is 2. The van der Waals surface area contributed by atoms with Crippen molar-refractivity contribution in [3.63, 3.8) is 0 Å². The van der Waals surface area contributed by atoms with Crippen LogP contribution >= 0.6 is 0 Å². The molecule has 55 heavy (non-hydrogen) atoms. The van der Waals surface area contributed by atoms with E-state index in [2.05, 4.69) is 9.97 Å². The summed E-state index contributed by atoms with van der Waals surface area (Å²) < 4.78 is 6.25. The van der Waals surface area contributed by atoms with Crippen molar-refractivity contribution < 1.29 is 14.6 Å². The van der Waals surface area contributed by atoms with Crippen LogP contribution in [0.5, 0.6) is 11.5 Å². The lowest BCUT2D eigenvalue weighted by atomic mass is 10.0. The van der Waals surface area contributed by atoms with E-state index < -0.39 is 9.85 Å². The van der Waals surface area contributed by atoms with Crippen molar-refractivity contribution in [3.8, 4) is 79.3 Å². The van der Waals surface area contributed by atoms with Crippen molar-refractivity contribution in [2.75, 3.05) is 0 Å². The molecule has 268 valence electrons. The number of nitrogens with one attached hydrogen (secondary N) is 2. The van der Waals surface area contributed by atoms with Gasteiger partial charge in [-0.05, 0) is 86.6 Å².